The zero-order valence-electron chi connectivity index (χ0n) is 13.3. The maximum absolute atomic E-state index is 11.4. The minimum Gasteiger partial charge on any atom is -0.258 e. The van der Waals surface area contributed by atoms with E-state index in [1.54, 1.807) is 12.1 Å². The van der Waals surface area contributed by atoms with Gasteiger partial charge in [-0.25, -0.2) is 0 Å². The molecule has 0 atom stereocenters. The maximum atomic E-state index is 11.4. The number of nitro benzene ring substituents is 1. The maximum Gasteiger partial charge on any atom is 0.277 e. The molecule has 0 aliphatic heterocycles. The molecule has 0 aliphatic carbocycles. The summed E-state index contributed by atoms with van der Waals surface area (Å²) in [7, 11) is 0. The summed E-state index contributed by atoms with van der Waals surface area (Å²) in [5.74, 6) is 0. The van der Waals surface area contributed by atoms with E-state index in [2.05, 4.69) is 54.6 Å². The summed E-state index contributed by atoms with van der Waals surface area (Å²) in [4.78, 5) is 11.1. The fraction of sp³-hybridized carbons (Fsp3) is 0. The second kappa shape index (κ2) is 5.02. The molecule has 0 heterocycles. The molecule has 0 bridgehead atoms. The Balaban J connectivity index is 1.89. The SMILES string of the molecule is O=[N+]([O-])c1ccccc1-c1cc2ccc3cccc4ccc(c1)c2c34. The molecule has 0 aliphatic rings. The molecule has 0 unspecified atom stereocenters. The van der Waals surface area contributed by atoms with Crippen molar-refractivity contribution in [1.29, 1.82) is 0 Å². The second-order valence-electron chi connectivity index (χ2n) is 6.28. The lowest BCUT2D eigenvalue weighted by molar-refractivity contribution is -0.384. The summed E-state index contributed by atoms with van der Waals surface area (Å²) in [5, 5.41) is 18.5. The lowest BCUT2D eigenvalue weighted by atomic mass is 9.91. The van der Waals surface area contributed by atoms with Crippen molar-refractivity contribution in [2.75, 3.05) is 0 Å². The van der Waals surface area contributed by atoms with Gasteiger partial charge in [0.05, 0.1) is 10.5 Å². The van der Waals surface area contributed by atoms with Gasteiger partial charge in [0, 0.05) is 6.07 Å². The molecule has 5 aromatic carbocycles. The van der Waals surface area contributed by atoms with Crippen LogP contribution in [0.15, 0.2) is 78.9 Å². The molecule has 3 nitrogen and oxygen atoms in total. The molecule has 0 aromatic heterocycles. The lowest BCUT2D eigenvalue weighted by Gasteiger charge is -2.12. The normalized spacial score (nSPS) is 11.5. The van der Waals surface area contributed by atoms with Gasteiger partial charge in [-0.2, -0.15) is 0 Å². The van der Waals surface area contributed by atoms with Crippen LogP contribution in [0.4, 0.5) is 5.69 Å². The van der Waals surface area contributed by atoms with Gasteiger partial charge >= 0.3 is 0 Å². The molecule has 3 heteroatoms. The first-order valence-electron chi connectivity index (χ1n) is 8.14. The van der Waals surface area contributed by atoms with Gasteiger partial charge in [0.2, 0.25) is 0 Å². The van der Waals surface area contributed by atoms with Crippen LogP contribution in [-0.4, -0.2) is 4.92 Å². The van der Waals surface area contributed by atoms with Crippen molar-refractivity contribution in [2.45, 2.75) is 0 Å². The highest BCUT2D eigenvalue weighted by molar-refractivity contribution is 6.23. The highest BCUT2D eigenvalue weighted by atomic mass is 16.6. The van der Waals surface area contributed by atoms with Crippen LogP contribution in [0, 0.1) is 10.1 Å². The first-order valence-corrected chi connectivity index (χ1v) is 8.14. The van der Waals surface area contributed by atoms with Crippen LogP contribution < -0.4 is 0 Å². The lowest BCUT2D eigenvalue weighted by Crippen LogP contribution is -1.92. The molecule has 5 rings (SSSR count). The minimum atomic E-state index is -0.320. The van der Waals surface area contributed by atoms with Crippen molar-refractivity contribution in [3.8, 4) is 11.1 Å². The summed E-state index contributed by atoms with van der Waals surface area (Å²) in [6, 6.07) is 25.8. The number of para-hydroxylation sites is 1. The highest BCUT2D eigenvalue weighted by Gasteiger charge is 2.16. The Morgan fingerprint density at radius 1 is 0.640 bits per heavy atom. The van der Waals surface area contributed by atoms with E-state index in [9.17, 15) is 10.1 Å². The van der Waals surface area contributed by atoms with Crippen LogP contribution in [0.5, 0.6) is 0 Å². The van der Waals surface area contributed by atoms with E-state index in [-0.39, 0.29) is 10.6 Å². The predicted octanol–water partition coefficient (Wildman–Crippen LogP) is 6.16. The molecule has 0 fully saturated rings. The Kier molecular flexibility index (Phi) is 2.80. The number of hydrogen-bond acceptors (Lipinski definition) is 2. The van der Waals surface area contributed by atoms with E-state index in [1.165, 1.54) is 21.5 Å². The molecular weight excluding hydrogens is 310 g/mol. The van der Waals surface area contributed by atoms with Crippen LogP contribution in [-0.2, 0) is 0 Å². The van der Waals surface area contributed by atoms with E-state index in [1.807, 2.05) is 12.1 Å². The molecular formula is C22H13NO2. The van der Waals surface area contributed by atoms with Gasteiger partial charge in [0.15, 0.2) is 0 Å². The third-order valence-corrected chi connectivity index (χ3v) is 4.87. The second-order valence-corrected chi connectivity index (χ2v) is 6.28. The summed E-state index contributed by atoms with van der Waals surface area (Å²) in [6.45, 7) is 0. The summed E-state index contributed by atoms with van der Waals surface area (Å²) >= 11 is 0. The van der Waals surface area contributed by atoms with E-state index < -0.39 is 0 Å². The van der Waals surface area contributed by atoms with Crippen LogP contribution in [0.3, 0.4) is 0 Å². The zero-order chi connectivity index (χ0) is 17.0. The fourth-order valence-electron chi connectivity index (χ4n) is 3.79. The summed E-state index contributed by atoms with van der Waals surface area (Å²) in [5.41, 5.74) is 1.66. The molecule has 0 saturated carbocycles. The van der Waals surface area contributed by atoms with E-state index in [0.29, 0.717) is 5.56 Å². The van der Waals surface area contributed by atoms with E-state index in [0.717, 1.165) is 16.3 Å². The first kappa shape index (κ1) is 13.9. The van der Waals surface area contributed by atoms with Crippen molar-refractivity contribution < 1.29 is 4.92 Å². The summed E-state index contributed by atoms with van der Waals surface area (Å²) < 4.78 is 0. The van der Waals surface area contributed by atoms with Gasteiger partial charge in [-0.1, -0.05) is 54.6 Å². The Bertz CT molecular complexity index is 1210. The van der Waals surface area contributed by atoms with Crippen LogP contribution >= 0.6 is 0 Å². The highest BCUT2D eigenvalue weighted by Crippen LogP contribution is 2.38. The third-order valence-electron chi connectivity index (χ3n) is 4.87. The average Bonchev–Trinajstić information content (AvgIpc) is 2.66. The van der Waals surface area contributed by atoms with Crippen molar-refractivity contribution in [1.82, 2.24) is 0 Å². The molecule has 0 N–H and O–H groups in total. The van der Waals surface area contributed by atoms with Gasteiger partial charge in [0.25, 0.3) is 5.69 Å². The summed E-state index contributed by atoms with van der Waals surface area (Å²) in [6.07, 6.45) is 0. The standard InChI is InChI=1S/C22H13NO2/c24-23(25)20-7-2-1-6-19(20)18-12-16-10-8-14-4-3-5-15-9-11-17(13-18)22(16)21(14)15/h1-13H. The first-order chi connectivity index (χ1) is 12.2. The van der Waals surface area contributed by atoms with Gasteiger partial charge < -0.3 is 0 Å². The van der Waals surface area contributed by atoms with Gasteiger partial charge in [-0.05, 0) is 56.1 Å². The van der Waals surface area contributed by atoms with Crippen LogP contribution in [0.2, 0.25) is 0 Å². The Labute approximate surface area is 143 Å². The monoisotopic (exact) mass is 323 g/mol. The van der Waals surface area contributed by atoms with Crippen molar-refractivity contribution in [2.24, 2.45) is 0 Å². The zero-order valence-corrected chi connectivity index (χ0v) is 13.3. The van der Waals surface area contributed by atoms with Gasteiger partial charge in [-0.15, -0.1) is 0 Å². The number of nitro groups is 1. The van der Waals surface area contributed by atoms with E-state index in [4.69, 9.17) is 0 Å². The Hall–Kier alpha value is -3.46. The average molecular weight is 323 g/mol. The largest absolute Gasteiger partial charge is 0.277 e. The van der Waals surface area contributed by atoms with Crippen molar-refractivity contribution in [3.63, 3.8) is 0 Å². The van der Waals surface area contributed by atoms with Gasteiger partial charge in [0.1, 0.15) is 0 Å². The van der Waals surface area contributed by atoms with Crippen LogP contribution in [0.1, 0.15) is 0 Å². The number of nitrogens with zero attached hydrogens (tertiary/aromatic N) is 1. The number of benzene rings is 5. The Morgan fingerprint density at radius 3 is 1.84 bits per heavy atom. The smallest absolute Gasteiger partial charge is 0.258 e. The molecule has 0 spiro atoms. The van der Waals surface area contributed by atoms with Crippen molar-refractivity contribution in [3.05, 3.63) is 89.0 Å². The molecule has 0 radical (unpaired) electrons. The van der Waals surface area contributed by atoms with E-state index >= 15 is 0 Å². The number of rotatable bonds is 2. The predicted molar refractivity (Wildman–Crippen MR) is 102 cm³/mol. The molecule has 25 heavy (non-hydrogen) atoms. The molecule has 5 aromatic rings. The molecule has 118 valence electrons. The molecule has 0 saturated heterocycles. The van der Waals surface area contributed by atoms with Crippen LogP contribution in [0.25, 0.3) is 43.4 Å². The minimum absolute atomic E-state index is 0.135. The quantitative estimate of drug-likeness (QED) is 0.222. The topological polar surface area (TPSA) is 43.1 Å². The van der Waals surface area contributed by atoms with Crippen molar-refractivity contribution >= 4 is 38.0 Å². The third kappa shape index (κ3) is 1.99. The van der Waals surface area contributed by atoms with Gasteiger partial charge in [-0.3, -0.25) is 10.1 Å². The number of hydrogen-bond donors (Lipinski definition) is 0. The molecule has 0 amide bonds. The Morgan fingerprint density at radius 2 is 1.20 bits per heavy atom. The fourth-order valence-corrected chi connectivity index (χ4v) is 3.79.